The predicted molar refractivity (Wildman–Crippen MR) is 63.4 cm³/mol. The number of carbonyl (C=O) groups is 1. The maximum atomic E-state index is 11.4. The summed E-state index contributed by atoms with van der Waals surface area (Å²) in [6.45, 7) is 2.34. The summed E-state index contributed by atoms with van der Waals surface area (Å²) in [5, 5.41) is 0. The third kappa shape index (κ3) is 2.93. The highest BCUT2D eigenvalue weighted by atomic mass is 16.6. The maximum absolute atomic E-state index is 11.4. The molecular weight excluding hydrogens is 218 g/mol. The van der Waals surface area contributed by atoms with Crippen LogP contribution in [0.2, 0.25) is 0 Å². The van der Waals surface area contributed by atoms with Gasteiger partial charge in [-0.1, -0.05) is 30.3 Å². The third-order valence-electron chi connectivity index (χ3n) is 2.22. The fraction of sp³-hybridized carbons (Fsp3) is 0.231. The van der Waals surface area contributed by atoms with Crippen LogP contribution in [0.5, 0.6) is 0 Å². The van der Waals surface area contributed by atoms with Gasteiger partial charge in [0.25, 0.3) is 0 Å². The van der Waals surface area contributed by atoms with Crippen LogP contribution in [-0.4, -0.2) is 18.5 Å². The van der Waals surface area contributed by atoms with Gasteiger partial charge in [-0.25, -0.2) is 9.79 Å². The molecule has 4 heteroatoms. The van der Waals surface area contributed by atoms with Crippen LogP contribution < -0.4 is 0 Å². The van der Waals surface area contributed by atoms with E-state index in [9.17, 15) is 4.79 Å². The fourth-order valence-electron chi connectivity index (χ4n) is 1.44. The summed E-state index contributed by atoms with van der Waals surface area (Å²) >= 11 is 0. The molecule has 0 atom stereocenters. The van der Waals surface area contributed by atoms with E-state index in [1.807, 2.05) is 37.3 Å². The van der Waals surface area contributed by atoms with Crippen molar-refractivity contribution in [3.8, 4) is 0 Å². The lowest BCUT2D eigenvalue weighted by Crippen LogP contribution is -2.06. The first-order valence-corrected chi connectivity index (χ1v) is 5.45. The summed E-state index contributed by atoms with van der Waals surface area (Å²) in [5.74, 6) is -0.0449. The zero-order valence-electron chi connectivity index (χ0n) is 9.55. The molecule has 2 rings (SSSR count). The molecule has 88 valence electrons. The number of esters is 1. The molecule has 1 aliphatic heterocycles. The summed E-state index contributed by atoms with van der Waals surface area (Å²) in [6, 6.07) is 9.72. The Kier molecular flexibility index (Phi) is 3.55. The van der Waals surface area contributed by atoms with Gasteiger partial charge in [0.05, 0.1) is 6.61 Å². The average molecular weight is 231 g/mol. The maximum Gasteiger partial charge on any atom is 0.366 e. The molecule has 0 amide bonds. The van der Waals surface area contributed by atoms with Crippen molar-refractivity contribution >= 4 is 11.9 Å². The fourth-order valence-corrected chi connectivity index (χ4v) is 1.44. The molecule has 0 saturated heterocycles. The van der Waals surface area contributed by atoms with Crippen LogP contribution in [0.1, 0.15) is 12.5 Å². The second-order valence-corrected chi connectivity index (χ2v) is 3.52. The molecule has 17 heavy (non-hydrogen) atoms. The topological polar surface area (TPSA) is 47.9 Å². The number of benzene rings is 1. The minimum absolute atomic E-state index is 0.220. The Labute approximate surface area is 99.6 Å². The van der Waals surface area contributed by atoms with E-state index in [1.54, 1.807) is 0 Å². The molecule has 0 fully saturated rings. The number of rotatable bonds is 4. The van der Waals surface area contributed by atoms with Gasteiger partial charge in [0.2, 0.25) is 5.90 Å². The van der Waals surface area contributed by atoms with E-state index in [1.165, 1.54) is 6.26 Å². The van der Waals surface area contributed by atoms with Crippen molar-refractivity contribution in [2.24, 2.45) is 4.99 Å². The molecule has 0 aromatic heterocycles. The SMILES string of the molecule is CCO/C=C1/N=C(Cc2ccccc2)OC1=O. The van der Waals surface area contributed by atoms with Crippen LogP contribution in [0.4, 0.5) is 0 Å². The van der Waals surface area contributed by atoms with Crippen molar-refractivity contribution < 1.29 is 14.3 Å². The highest BCUT2D eigenvalue weighted by Gasteiger charge is 2.23. The van der Waals surface area contributed by atoms with Gasteiger partial charge in [-0.2, -0.15) is 0 Å². The molecule has 1 heterocycles. The van der Waals surface area contributed by atoms with Crippen molar-refractivity contribution in [2.45, 2.75) is 13.3 Å². The van der Waals surface area contributed by atoms with Crippen LogP contribution in [0.3, 0.4) is 0 Å². The summed E-state index contributed by atoms with van der Waals surface area (Å²) in [6.07, 6.45) is 1.84. The van der Waals surface area contributed by atoms with Crippen LogP contribution in [0, 0.1) is 0 Å². The van der Waals surface area contributed by atoms with Gasteiger partial charge in [0.15, 0.2) is 5.70 Å². The molecule has 0 unspecified atom stereocenters. The van der Waals surface area contributed by atoms with Crippen molar-refractivity contribution in [2.75, 3.05) is 6.61 Å². The second-order valence-electron chi connectivity index (χ2n) is 3.52. The summed E-state index contributed by atoms with van der Waals surface area (Å²) in [4.78, 5) is 15.5. The minimum atomic E-state index is -0.454. The van der Waals surface area contributed by atoms with E-state index in [0.29, 0.717) is 18.9 Å². The number of carbonyl (C=O) groups excluding carboxylic acids is 1. The Bertz CT molecular complexity index is 463. The molecule has 0 bridgehead atoms. The molecule has 1 aromatic rings. The van der Waals surface area contributed by atoms with Crippen LogP contribution in [-0.2, 0) is 20.7 Å². The Morgan fingerprint density at radius 2 is 2.12 bits per heavy atom. The quantitative estimate of drug-likeness (QED) is 0.452. The Hall–Kier alpha value is -2.10. The highest BCUT2D eigenvalue weighted by Crippen LogP contribution is 2.14. The van der Waals surface area contributed by atoms with Gasteiger partial charge < -0.3 is 9.47 Å². The lowest BCUT2D eigenvalue weighted by molar-refractivity contribution is -0.130. The third-order valence-corrected chi connectivity index (χ3v) is 2.22. The average Bonchev–Trinajstić information content (AvgIpc) is 2.68. The Balaban J connectivity index is 2.06. The molecule has 1 aromatic carbocycles. The standard InChI is InChI=1S/C13H13NO3/c1-2-16-9-11-13(15)17-12(14-11)8-10-6-4-3-5-7-10/h3-7,9H,2,8H2,1H3/b11-9+. The van der Waals surface area contributed by atoms with E-state index in [4.69, 9.17) is 9.47 Å². The van der Waals surface area contributed by atoms with Crippen molar-refractivity contribution in [1.29, 1.82) is 0 Å². The minimum Gasteiger partial charge on any atom is -0.499 e. The van der Waals surface area contributed by atoms with Gasteiger partial charge in [0.1, 0.15) is 6.26 Å². The van der Waals surface area contributed by atoms with Crippen LogP contribution >= 0.6 is 0 Å². The molecule has 0 radical (unpaired) electrons. The van der Waals surface area contributed by atoms with E-state index in [0.717, 1.165) is 5.56 Å². The van der Waals surface area contributed by atoms with Gasteiger partial charge in [0, 0.05) is 6.42 Å². The van der Waals surface area contributed by atoms with E-state index < -0.39 is 5.97 Å². The number of nitrogens with zero attached hydrogens (tertiary/aromatic N) is 1. The van der Waals surface area contributed by atoms with Gasteiger partial charge in [-0.3, -0.25) is 0 Å². The first-order chi connectivity index (χ1) is 8.29. The van der Waals surface area contributed by atoms with E-state index in [2.05, 4.69) is 4.99 Å². The molecule has 0 N–H and O–H groups in total. The summed E-state index contributed by atoms with van der Waals surface area (Å²) in [5.41, 5.74) is 1.27. The lowest BCUT2D eigenvalue weighted by Gasteiger charge is -1.98. The zero-order chi connectivity index (χ0) is 12.1. The first kappa shape index (κ1) is 11.4. The zero-order valence-corrected chi connectivity index (χ0v) is 9.55. The number of hydrogen-bond acceptors (Lipinski definition) is 4. The van der Waals surface area contributed by atoms with E-state index >= 15 is 0 Å². The van der Waals surface area contributed by atoms with Crippen LogP contribution in [0.25, 0.3) is 0 Å². The lowest BCUT2D eigenvalue weighted by atomic mass is 10.1. The molecule has 4 nitrogen and oxygen atoms in total. The van der Waals surface area contributed by atoms with Gasteiger partial charge in [-0.15, -0.1) is 0 Å². The van der Waals surface area contributed by atoms with E-state index in [-0.39, 0.29) is 5.70 Å². The number of ether oxygens (including phenoxy) is 2. The molecule has 0 saturated carbocycles. The molecule has 0 spiro atoms. The summed E-state index contributed by atoms with van der Waals surface area (Å²) in [7, 11) is 0. The highest BCUT2D eigenvalue weighted by molar-refractivity contribution is 6.04. The largest absolute Gasteiger partial charge is 0.499 e. The molecular formula is C13H13NO3. The van der Waals surface area contributed by atoms with Crippen LogP contribution in [0.15, 0.2) is 47.3 Å². The Morgan fingerprint density at radius 1 is 1.35 bits per heavy atom. The normalized spacial score (nSPS) is 16.9. The molecule has 0 aliphatic carbocycles. The summed E-state index contributed by atoms with van der Waals surface area (Å²) < 4.78 is 10.1. The number of cyclic esters (lactones) is 1. The monoisotopic (exact) mass is 231 g/mol. The van der Waals surface area contributed by atoms with Crippen molar-refractivity contribution in [3.63, 3.8) is 0 Å². The predicted octanol–water partition coefficient (Wildman–Crippen LogP) is 2.06. The van der Waals surface area contributed by atoms with Crippen molar-refractivity contribution in [3.05, 3.63) is 47.9 Å². The van der Waals surface area contributed by atoms with Gasteiger partial charge in [-0.05, 0) is 12.5 Å². The Morgan fingerprint density at radius 3 is 2.82 bits per heavy atom. The number of hydrogen-bond donors (Lipinski definition) is 0. The second kappa shape index (κ2) is 5.30. The van der Waals surface area contributed by atoms with Gasteiger partial charge >= 0.3 is 5.97 Å². The molecule has 1 aliphatic rings. The smallest absolute Gasteiger partial charge is 0.366 e. The number of aliphatic imine (C=N–C) groups is 1. The first-order valence-electron chi connectivity index (χ1n) is 5.45. The van der Waals surface area contributed by atoms with Crippen molar-refractivity contribution in [1.82, 2.24) is 0 Å².